The van der Waals surface area contributed by atoms with Crippen molar-refractivity contribution >= 4 is 32.9 Å². The van der Waals surface area contributed by atoms with Gasteiger partial charge in [0, 0.05) is 43.5 Å². The molecule has 1 N–H and O–H groups in total. The Morgan fingerprint density at radius 2 is 1.81 bits per heavy atom. The van der Waals surface area contributed by atoms with Crippen LogP contribution in [-0.4, -0.2) is 35.7 Å². The number of aliphatic hydroxyl groups excluding tert-OH is 1. The second-order valence-electron chi connectivity index (χ2n) is 8.20. The molecule has 1 unspecified atom stereocenters. The van der Waals surface area contributed by atoms with Gasteiger partial charge in [-0.25, -0.2) is 4.79 Å². The summed E-state index contributed by atoms with van der Waals surface area (Å²) in [6.45, 7) is 4.10. The fourth-order valence-electron chi connectivity index (χ4n) is 4.19. The lowest BCUT2D eigenvalue weighted by Gasteiger charge is -2.15. The van der Waals surface area contributed by atoms with Crippen LogP contribution in [0.5, 0.6) is 0 Å². The summed E-state index contributed by atoms with van der Waals surface area (Å²) in [4.78, 5) is 26.0. The molecule has 0 saturated carbocycles. The van der Waals surface area contributed by atoms with Crippen molar-refractivity contribution in [2.24, 2.45) is 7.05 Å². The number of benzene rings is 2. The molecule has 0 saturated heterocycles. The number of nitrogens with zero attached hydrogens (tertiary/aromatic N) is 3. The highest BCUT2D eigenvalue weighted by molar-refractivity contribution is 7.91. The third-order valence-electron chi connectivity index (χ3n) is 5.72. The van der Waals surface area contributed by atoms with Gasteiger partial charge in [0.1, 0.15) is 11.1 Å². The Kier molecular flexibility index (Phi) is 6.28. The molecule has 8 heteroatoms. The van der Waals surface area contributed by atoms with E-state index >= 15 is 0 Å². The maximum absolute atomic E-state index is 13.3. The molecule has 0 amide bonds. The first-order valence-electron chi connectivity index (χ1n) is 10.7. The van der Waals surface area contributed by atoms with Crippen molar-refractivity contribution in [3.05, 3.63) is 75.1 Å². The van der Waals surface area contributed by atoms with Gasteiger partial charge in [0.15, 0.2) is 0 Å². The van der Waals surface area contributed by atoms with Gasteiger partial charge < -0.3 is 14.2 Å². The summed E-state index contributed by atoms with van der Waals surface area (Å²) in [5.74, 6) is 0.231. The van der Waals surface area contributed by atoms with Crippen LogP contribution in [-0.2, 0) is 24.8 Å². The Balaban J connectivity index is 2.01. The molecule has 0 aliphatic heterocycles. The van der Waals surface area contributed by atoms with E-state index in [4.69, 9.17) is 0 Å². The van der Waals surface area contributed by atoms with Crippen LogP contribution in [0.15, 0.2) is 63.3 Å². The molecule has 4 aromatic rings. The van der Waals surface area contributed by atoms with E-state index in [-0.39, 0.29) is 18.4 Å². The maximum Gasteiger partial charge on any atom is 0.331 e. The van der Waals surface area contributed by atoms with Crippen LogP contribution in [0.3, 0.4) is 0 Å². The highest BCUT2D eigenvalue weighted by atomic mass is 32.2. The molecule has 0 spiro atoms. The normalized spacial score (nSPS) is 12.8. The van der Waals surface area contributed by atoms with Crippen LogP contribution in [0.2, 0.25) is 0 Å². The predicted molar refractivity (Wildman–Crippen MR) is 128 cm³/mol. The zero-order valence-corrected chi connectivity index (χ0v) is 19.3. The monoisotopic (exact) mass is 453 g/mol. The first kappa shape index (κ1) is 22.4. The minimum absolute atomic E-state index is 0.0809. The molecular formula is C24H27N3O4S. The molecule has 1 atom stereocenters. The van der Waals surface area contributed by atoms with Crippen molar-refractivity contribution in [2.45, 2.75) is 37.9 Å². The van der Waals surface area contributed by atoms with E-state index in [1.54, 1.807) is 10.8 Å². The Morgan fingerprint density at radius 3 is 2.53 bits per heavy atom. The van der Waals surface area contributed by atoms with Crippen molar-refractivity contribution in [1.82, 2.24) is 13.7 Å². The van der Waals surface area contributed by atoms with Crippen molar-refractivity contribution < 1.29 is 9.66 Å². The Hall–Kier alpha value is -2.81. The summed E-state index contributed by atoms with van der Waals surface area (Å²) in [6.07, 6.45) is 2.13. The molecule has 2 heterocycles. The molecule has 168 valence electrons. The van der Waals surface area contributed by atoms with Gasteiger partial charge in [-0.05, 0) is 30.2 Å². The minimum Gasteiger partial charge on any atom is -0.610 e. The van der Waals surface area contributed by atoms with E-state index in [2.05, 4.69) is 0 Å². The second kappa shape index (κ2) is 8.97. The van der Waals surface area contributed by atoms with Crippen LogP contribution < -0.4 is 11.2 Å². The number of rotatable bonds is 7. The van der Waals surface area contributed by atoms with Gasteiger partial charge >= 0.3 is 5.69 Å². The number of fused-ring (bicyclic) bond motifs is 2. The topological polar surface area (TPSA) is 92.2 Å². The second-order valence-corrected chi connectivity index (χ2v) is 9.68. The molecule has 2 aromatic heterocycles. The molecule has 2 aromatic carbocycles. The van der Waals surface area contributed by atoms with Gasteiger partial charge in [-0.1, -0.05) is 42.5 Å². The summed E-state index contributed by atoms with van der Waals surface area (Å²) in [5, 5.41) is 12.1. The summed E-state index contributed by atoms with van der Waals surface area (Å²) < 4.78 is 17.8. The number of aromatic nitrogens is 3. The standard InChI is InChI=1S/C24H27N3O4S/c1-16(2)27-20-15-26(14-18-10-6-9-17-8-4-5-11-19(17)18)23(32(31)13-7-12-28)21(20)22(29)25(3)24(27)30/h4-6,8-11,15-16,28H,7,12-14H2,1-3H3. The van der Waals surface area contributed by atoms with Crippen molar-refractivity contribution in [2.75, 3.05) is 12.4 Å². The van der Waals surface area contributed by atoms with Crippen molar-refractivity contribution in [3.63, 3.8) is 0 Å². The van der Waals surface area contributed by atoms with E-state index in [1.165, 1.54) is 7.05 Å². The summed E-state index contributed by atoms with van der Waals surface area (Å²) in [5.41, 5.74) is 0.665. The highest BCUT2D eigenvalue weighted by Crippen LogP contribution is 2.28. The largest absolute Gasteiger partial charge is 0.610 e. The summed E-state index contributed by atoms with van der Waals surface area (Å²) >= 11 is -1.52. The first-order chi connectivity index (χ1) is 15.3. The number of aliphatic hydroxyl groups is 1. The third kappa shape index (κ3) is 3.79. The molecule has 4 rings (SSSR count). The smallest absolute Gasteiger partial charge is 0.331 e. The van der Waals surface area contributed by atoms with Crippen LogP contribution in [0.4, 0.5) is 0 Å². The molecular weight excluding hydrogens is 426 g/mol. The van der Waals surface area contributed by atoms with Crippen LogP contribution in [0.25, 0.3) is 21.7 Å². The van der Waals surface area contributed by atoms with Gasteiger partial charge in [0.2, 0.25) is 5.03 Å². The lowest BCUT2D eigenvalue weighted by molar-refractivity contribution is 0.295. The molecule has 0 radical (unpaired) electrons. The Morgan fingerprint density at radius 1 is 1.09 bits per heavy atom. The lowest BCUT2D eigenvalue weighted by Crippen LogP contribution is -2.38. The first-order valence-corrected chi connectivity index (χ1v) is 12.0. The average molecular weight is 454 g/mol. The zero-order valence-electron chi connectivity index (χ0n) is 18.4. The highest BCUT2D eigenvalue weighted by Gasteiger charge is 2.28. The van der Waals surface area contributed by atoms with Gasteiger partial charge in [-0.2, -0.15) is 0 Å². The Labute approximate surface area is 188 Å². The average Bonchev–Trinajstić information content (AvgIpc) is 3.14. The molecule has 0 aliphatic carbocycles. The quantitative estimate of drug-likeness (QED) is 0.436. The SMILES string of the molecule is CC(C)n1c(=O)n(C)c(=O)c2c([S+]([O-])CCCO)n(Cc3cccc4ccccc34)cc21. The summed E-state index contributed by atoms with van der Waals surface area (Å²) in [7, 11) is 1.45. The lowest BCUT2D eigenvalue weighted by atomic mass is 10.0. The Bertz CT molecular complexity index is 1400. The van der Waals surface area contributed by atoms with Crippen LogP contribution in [0.1, 0.15) is 31.9 Å². The third-order valence-corrected chi connectivity index (χ3v) is 7.25. The molecule has 0 aliphatic rings. The van der Waals surface area contributed by atoms with Gasteiger partial charge in [0.25, 0.3) is 5.56 Å². The fourth-order valence-corrected chi connectivity index (χ4v) is 5.58. The van der Waals surface area contributed by atoms with Crippen molar-refractivity contribution in [3.8, 4) is 0 Å². The van der Waals surface area contributed by atoms with E-state index in [1.807, 2.05) is 60.9 Å². The van der Waals surface area contributed by atoms with E-state index in [0.29, 0.717) is 28.9 Å². The van der Waals surface area contributed by atoms with Crippen molar-refractivity contribution in [1.29, 1.82) is 0 Å². The maximum atomic E-state index is 13.3. The summed E-state index contributed by atoms with van der Waals surface area (Å²) in [6, 6.07) is 13.9. The predicted octanol–water partition coefficient (Wildman–Crippen LogP) is 2.77. The molecule has 0 fully saturated rings. The van der Waals surface area contributed by atoms with E-state index < -0.39 is 22.4 Å². The molecule has 0 bridgehead atoms. The number of hydrogen-bond donors (Lipinski definition) is 1. The van der Waals surface area contributed by atoms with E-state index in [0.717, 1.165) is 20.9 Å². The zero-order chi connectivity index (χ0) is 23.0. The van der Waals surface area contributed by atoms with E-state index in [9.17, 15) is 19.2 Å². The fraction of sp³-hybridized carbons (Fsp3) is 0.333. The molecule has 7 nitrogen and oxygen atoms in total. The van der Waals surface area contributed by atoms with Gasteiger partial charge in [-0.15, -0.1) is 0 Å². The molecule has 32 heavy (non-hydrogen) atoms. The minimum atomic E-state index is -1.52. The van der Waals surface area contributed by atoms with Gasteiger partial charge in [-0.3, -0.25) is 13.9 Å². The van der Waals surface area contributed by atoms with Crippen LogP contribution >= 0.6 is 0 Å². The van der Waals surface area contributed by atoms with Crippen LogP contribution in [0, 0.1) is 0 Å². The number of hydrogen-bond acceptors (Lipinski definition) is 4. The van der Waals surface area contributed by atoms with Gasteiger partial charge in [0.05, 0.1) is 12.1 Å².